The van der Waals surface area contributed by atoms with Crippen LogP contribution >= 0.6 is 0 Å². The quantitative estimate of drug-likeness (QED) is 0.816. The van der Waals surface area contributed by atoms with E-state index in [0.717, 1.165) is 11.3 Å². The van der Waals surface area contributed by atoms with E-state index in [1.54, 1.807) is 7.11 Å². The highest BCUT2D eigenvalue weighted by Gasteiger charge is 2.08. The molecule has 5 nitrogen and oxygen atoms in total. The number of hydrogen-bond acceptors (Lipinski definition) is 4. The summed E-state index contributed by atoms with van der Waals surface area (Å²) >= 11 is 0. The first kappa shape index (κ1) is 11.2. The lowest BCUT2D eigenvalue weighted by atomic mass is 10.2. The van der Waals surface area contributed by atoms with Crippen molar-refractivity contribution in [3.63, 3.8) is 0 Å². The van der Waals surface area contributed by atoms with Crippen LogP contribution in [0.5, 0.6) is 5.75 Å². The lowest BCUT2D eigenvalue weighted by Gasteiger charge is -2.04. The van der Waals surface area contributed by atoms with Gasteiger partial charge in [-0.05, 0) is 17.7 Å². The van der Waals surface area contributed by atoms with E-state index in [1.165, 1.54) is 12.5 Å². The van der Waals surface area contributed by atoms with Crippen molar-refractivity contribution in [2.24, 2.45) is 0 Å². The number of aromatic nitrogens is 2. The van der Waals surface area contributed by atoms with E-state index >= 15 is 0 Å². The molecule has 0 saturated carbocycles. The van der Waals surface area contributed by atoms with Gasteiger partial charge < -0.3 is 14.5 Å². The Morgan fingerprint density at radius 2 is 2.12 bits per heavy atom. The summed E-state index contributed by atoms with van der Waals surface area (Å²) in [5.41, 5.74) is 1.25. The molecule has 1 aromatic carbocycles. The maximum Gasteiger partial charge on any atom is 0.356 e. The van der Waals surface area contributed by atoms with Gasteiger partial charge in [0, 0.05) is 0 Å². The van der Waals surface area contributed by atoms with Crippen LogP contribution in [0, 0.1) is 0 Å². The van der Waals surface area contributed by atoms with Crippen LogP contribution in [0.1, 0.15) is 16.1 Å². The molecule has 88 valence electrons. The van der Waals surface area contributed by atoms with Crippen molar-refractivity contribution in [2.45, 2.75) is 6.61 Å². The largest absolute Gasteiger partial charge is 0.497 e. The first-order valence-corrected chi connectivity index (χ1v) is 5.08. The summed E-state index contributed by atoms with van der Waals surface area (Å²) in [5.74, 6) is 0.354. The van der Waals surface area contributed by atoms with Crippen LogP contribution in [0.2, 0.25) is 0 Å². The van der Waals surface area contributed by atoms with Gasteiger partial charge in [0.25, 0.3) is 0 Å². The molecule has 1 heterocycles. The number of aromatic amines is 1. The van der Waals surface area contributed by atoms with Crippen molar-refractivity contribution < 1.29 is 14.3 Å². The topological polar surface area (TPSA) is 64.2 Å². The Bertz CT molecular complexity index is 477. The van der Waals surface area contributed by atoms with Crippen molar-refractivity contribution in [3.05, 3.63) is 48.0 Å². The maximum absolute atomic E-state index is 11.5. The van der Waals surface area contributed by atoms with Crippen LogP contribution in [-0.4, -0.2) is 23.0 Å². The van der Waals surface area contributed by atoms with Crippen LogP contribution in [0.25, 0.3) is 0 Å². The zero-order valence-electron chi connectivity index (χ0n) is 9.34. The molecule has 5 heteroatoms. The standard InChI is InChI=1S/C12H12N2O3/c1-16-10-4-2-9(3-5-10)7-17-12(15)11-6-13-8-14-11/h2-6,8H,7H2,1H3,(H,13,14). The number of ether oxygens (including phenoxy) is 2. The molecule has 0 amide bonds. The van der Waals surface area contributed by atoms with Crippen molar-refractivity contribution >= 4 is 5.97 Å². The van der Waals surface area contributed by atoms with E-state index < -0.39 is 5.97 Å². The zero-order chi connectivity index (χ0) is 12.1. The molecule has 0 fully saturated rings. The first-order valence-electron chi connectivity index (χ1n) is 5.08. The molecule has 0 bridgehead atoms. The van der Waals surface area contributed by atoms with Gasteiger partial charge >= 0.3 is 5.97 Å². The Labute approximate surface area is 98.4 Å². The Balaban J connectivity index is 1.91. The third kappa shape index (κ3) is 2.84. The molecule has 0 aliphatic rings. The van der Waals surface area contributed by atoms with Crippen LogP contribution in [0.4, 0.5) is 0 Å². The molecule has 17 heavy (non-hydrogen) atoms. The summed E-state index contributed by atoms with van der Waals surface area (Å²) in [4.78, 5) is 17.9. The number of rotatable bonds is 4. The second kappa shape index (κ2) is 5.16. The van der Waals surface area contributed by atoms with Crippen molar-refractivity contribution in [3.8, 4) is 5.75 Å². The van der Waals surface area contributed by atoms with Gasteiger partial charge in [0.1, 0.15) is 18.1 Å². The minimum Gasteiger partial charge on any atom is -0.497 e. The molecule has 0 spiro atoms. The van der Waals surface area contributed by atoms with E-state index in [9.17, 15) is 4.79 Å². The zero-order valence-corrected chi connectivity index (χ0v) is 9.34. The fourth-order valence-electron chi connectivity index (χ4n) is 1.32. The Morgan fingerprint density at radius 3 is 2.71 bits per heavy atom. The molecular formula is C12H12N2O3. The van der Waals surface area contributed by atoms with Crippen molar-refractivity contribution in [1.29, 1.82) is 0 Å². The number of nitrogens with zero attached hydrogens (tertiary/aromatic N) is 1. The highest BCUT2D eigenvalue weighted by atomic mass is 16.5. The highest BCUT2D eigenvalue weighted by molar-refractivity contribution is 5.86. The van der Waals surface area contributed by atoms with Gasteiger partial charge in [0.05, 0.1) is 19.6 Å². The van der Waals surface area contributed by atoms with E-state index in [2.05, 4.69) is 9.97 Å². The lowest BCUT2D eigenvalue weighted by Crippen LogP contribution is -2.05. The number of carbonyl (C=O) groups is 1. The van der Waals surface area contributed by atoms with Crippen LogP contribution in [-0.2, 0) is 11.3 Å². The molecule has 1 N–H and O–H groups in total. The monoisotopic (exact) mass is 232 g/mol. The second-order valence-corrected chi connectivity index (χ2v) is 3.39. The number of hydrogen-bond donors (Lipinski definition) is 1. The van der Waals surface area contributed by atoms with Gasteiger partial charge in [-0.1, -0.05) is 12.1 Å². The highest BCUT2D eigenvalue weighted by Crippen LogP contribution is 2.12. The number of esters is 1. The minimum atomic E-state index is -0.418. The van der Waals surface area contributed by atoms with Crippen molar-refractivity contribution in [2.75, 3.05) is 7.11 Å². The summed E-state index contributed by atoms with van der Waals surface area (Å²) in [6.45, 7) is 0.224. The fourth-order valence-corrected chi connectivity index (χ4v) is 1.32. The molecule has 0 aliphatic carbocycles. The average Bonchev–Trinajstić information content (AvgIpc) is 2.90. The van der Waals surface area contributed by atoms with Crippen LogP contribution < -0.4 is 4.74 Å². The predicted octanol–water partition coefficient (Wildman–Crippen LogP) is 1.78. The smallest absolute Gasteiger partial charge is 0.356 e. The number of benzene rings is 1. The molecule has 0 saturated heterocycles. The van der Waals surface area contributed by atoms with E-state index in [4.69, 9.17) is 9.47 Å². The summed E-state index contributed by atoms with van der Waals surface area (Å²) in [6, 6.07) is 7.33. The summed E-state index contributed by atoms with van der Waals surface area (Å²) in [6.07, 6.45) is 2.86. The Kier molecular flexibility index (Phi) is 3.40. The number of H-pyrrole nitrogens is 1. The van der Waals surface area contributed by atoms with Crippen LogP contribution in [0.3, 0.4) is 0 Å². The molecule has 0 aliphatic heterocycles. The fraction of sp³-hybridized carbons (Fsp3) is 0.167. The molecule has 2 aromatic rings. The van der Waals surface area contributed by atoms with E-state index in [-0.39, 0.29) is 6.61 Å². The number of imidazole rings is 1. The lowest BCUT2D eigenvalue weighted by molar-refractivity contribution is 0.0466. The van der Waals surface area contributed by atoms with E-state index in [1.807, 2.05) is 24.3 Å². The first-order chi connectivity index (χ1) is 8.29. The summed E-state index contributed by atoms with van der Waals surface area (Å²) < 4.78 is 10.1. The molecule has 0 atom stereocenters. The van der Waals surface area contributed by atoms with Gasteiger partial charge in [-0.2, -0.15) is 0 Å². The number of methoxy groups -OCH3 is 1. The molecule has 1 aromatic heterocycles. The normalized spacial score (nSPS) is 9.94. The van der Waals surface area contributed by atoms with Gasteiger partial charge in [-0.25, -0.2) is 9.78 Å². The molecule has 0 radical (unpaired) electrons. The third-order valence-corrected chi connectivity index (χ3v) is 2.25. The number of carbonyl (C=O) groups excluding carboxylic acids is 1. The van der Waals surface area contributed by atoms with Crippen LogP contribution in [0.15, 0.2) is 36.8 Å². The van der Waals surface area contributed by atoms with E-state index in [0.29, 0.717) is 5.69 Å². The third-order valence-electron chi connectivity index (χ3n) is 2.25. The Morgan fingerprint density at radius 1 is 1.35 bits per heavy atom. The Hall–Kier alpha value is -2.30. The van der Waals surface area contributed by atoms with Gasteiger partial charge in [-0.3, -0.25) is 0 Å². The maximum atomic E-state index is 11.5. The predicted molar refractivity (Wildman–Crippen MR) is 60.7 cm³/mol. The summed E-state index contributed by atoms with van der Waals surface area (Å²) in [7, 11) is 1.60. The SMILES string of the molecule is COc1ccc(COC(=O)c2cnc[nH]2)cc1. The molecular weight excluding hydrogens is 220 g/mol. The molecule has 2 rings (SSSR count). The number of nitrogens with one attached hydrogen (secondary N) is 1. The van der Waals surface area contributed by atoms with Crippen molar-refractivity contribution in [1.82, 2.24) is 9.97 Å². The van der Waals surface area contributed by atoms with Gasteiger partial charge in [-0.15, -0.1) is 0 Å². The molecule has 0 unspecified atom stereocenters. The minimum absolute atomic E-state index is 0.224. The summed E-state index contributed by atoms with van der Waals surface area (Å²) in [5, 5.41) is 0. The average molecular weight is 232 g/mol. The second-order valence-electron chi connectivity index (χ2n) is 3.39. The van der Waals surface area contributed by atoms with Gasteiger partial charge in [0.2, 0.25) is 0 Å². The van der Waals surface area contributed by atoms with Gasteiger partial charge in [0.15, 0.2) is 0 Å².